The Bertz CT molecular complexity index is 720. The summed E-state index contributed by atoms with van der Waals surface area (Å²) in [6.45, 7) is 6.74. The minimum absolute atomic E-state index is 0. The molecule has 0 radical (unpaired) electrons. The van der Waals surface area contributed by atoms with Gasteiger partial charge in [0.15, 0.2) is 0 Å². The molecule has 0 aliphatic heterocycles. The van der Waals surface area contributed by atoms with Crippen molar-refractivity contribution >= 4 is 12.6 Å². The molecule has 0 aliphatic rings. The molecule has 0 saturated carbocycles. The van der Waals surface area contributed by atoms with Crippen LogP contribution in [0.5, 0.6) is 11.5 Å². The predicted molar refractivity (Wildman–Crippen MR) is 87.7 cm³/mol. The second-order valence-corrected chi connectivity index (χ2v) is 4.62. The van der Waals surface area contributed by atoms with E-state index < -0.39 is 11.7 Å². The Balaban J connectivity index is 0.00000113. The molecular weight excluding hydrogens is 340 g/mol. The van der Waals surface area contributed by atoms with Crippen molar-refractivity contribution in [2.24, 2.45) is 0 Å². The second kappa shape index (κ2) is 11.3. The van der Waals surface area contributed by atoms with Crippen LogP contribution in [0.15, 0.2) is 55.1 Å². The van der Waals surface area contributed by atoms with Gasteiger partial charge in [-0.05, 0) is 36.6 Å². The fraction of sp³-hybridized carbons (Fsp3) is 0.105. The van der Waals surface area contributed by atoms with Crippen LogP contribution in [0.1, 0.15) is 16.7 Å². The van der Waals surface area contributed by atoms with Crippen molar-refractivity contribution in [1.29, 1.82) is 0 Å². The summed E-state index contributed by atoms with van der Waals surface area (Å²) in [6.07, 6.45) is 0.351. The number of halogens is 3. The van der Waals surface area contributed by atoms with E-state index in [1.807, 2.05) is 0 Å². The molecule has 0 fully saturated rings. The van der Waals surface area contributed by atoms with Crippen LogP contribution in [0.25, 0.3) is 0 Å². The molecule has 0 N–H and O–H groups in total. The molecule has 2 rings (SSSR count). The summed E-state index contributed by atoms with van der Waals surface area (Å²) in [4.78, 5) is 19.7. The van der Waals surface area contributed by atoms with Gasteiger partial charge >= 0.3 is 25.0 Å². The molecular formula is C19H14F3LiO3-2. The third kappa shape index (κ3) is 7.30. The van der Waals surface area contributed by atoms with Gasteiger partial charge in [0.25, 0.3) is 0 Å². The number of rotatable bonds is 5. The smallest absolute Gasteiger partial charge is 0.470 e. The molecule has 2 aromatic rings. The van der Waals surface area contributed by atoms with Crippen molar-refractivity contribution in [2.45, 2.75) is 12.6 Å². The van der Waals surface area contributed by atoms with Gasteiger partial charge in [0, 0.05) is 0 Å². The third-order valence-electron chi connectivity index (χ3n) is 2.96. The normalized spacial score (nSPS) is 9.85. The van der Waals surface area contributed by atoms with Gasteiger partial charge in [0.05, 0.1) is 17.6 Å². The first-order valence-corrected chi connectivity index (χ1v) is 6.99. The minimum atomic E-state index is -4.38. The van der Waals surface area contributed by atoms with Gasteiger partial charge in [0.1, 0.15) is 5.75 Å². The fourth-order valence-electron chi connectivity index (χ4n) is 1.78. The van der Waals surface area contributed by atoms with Crippen molar-refractivity contribution in [3.05, 3.63) is 78.7 Å². The molecule has 0 spiro atoms. The zero-order valence-corrected chi connectivity index (χ0v) is 14.1. The van der Waals surface area contributed by atoms with Gasteiger partial charge in [-0.15, -0.1) is 17.7 Å². The molecule has 0 heterocycles. The molecule has 0 amide bonds. The van der Waals surface area contributed by atoms with E-state index >= 15 is 0 Å². The number of allylic oxidation sites excluding steroid dienone is 1. The molecule has 0 atom stereocenters. The number of carbonyl (C=O) groups excluding carboxylic acids is 2. The van der Waals surface area contributed by atoms with Gasteiger partial charge in [-0.1, -0.05) is 0 Å². The summed E-state index contributed by atoms with van der Waals surface area (Å²) >= 11 is 0. The zero-order chi connectivity index (χ0) is 18.9. The van der Waals surface area contributed by atoms with Crippen molar-refractivity contribution in [1.82, 2.24) is 0 Å². The maximum Gasteiger partial charge on any atom is 1.00 e. The molecule has 132 valence electrons. The van der Waals surface area contributed by atoms with Crippen LogP contribution in [0.2, 0.25) is 0 Å². The van der Waals surface area contributed by atoms with Crippen molar-refractivity contribution in [3.8, 4) is 11.5 Å². The summed E-state index contributed by atoms with van der Waals surface area (Å²) in [6, 6.07) is 9.10. The third-order valence-corrected chi connectivity index (χ3v) is 2.96. The molecule has 0 unspecified atom stereocenters. The number of ether oxygens (including phenoxy) is 1. The first-order valence-electron chi connectivity index (χ1n) is 6.99. The average Bonchev–Trinajstić information content (AvgIpc) is 2.61. The van der Waals surface area contributed by atoms with Crippen LogP contribution < -0.4 is 23.6 Å². The maximum absolute atomic E-state index is 12.4. The van der Waals surface area contributed by atoms with Gasteiger partial charge in [0.2, 0.25) is 0 Å². The van der Waals surface area contributed by atoms with Crippen LogP contribution in [0.4, 0.5) is 13.2 Å². The number of hydrogen-bond donors (Lipinski definition) is 0. The van der Waals surface area contributed by atoms with E-state index in [2.05, 4.69) is 13.5 Å². The van der Waals surface area contributed by atoms with E-state index in [-0.39, 0.29) is 24.6 Å². The first-order chi connectivity index (χ1) is 11.8. The van der Waals surface area contributed by atoms with E-state index in [9.17, 15) is 18.0 Å². The van der Waals surface area contributed by atoms with Crippen LogP contribution in [0, 0.1) is 6.92 Å². The molecule has 3 nitrogen and oxygen atoms in total. The molecule has 26 heavy (non-hydrogen) atoms. The SMILES string of the molecule is C=C[C-]=O.[CH2-]Cc1ccc(Oc2ccc(C(F)(F)F)cc2)cc1[C-]=O.[Li+]. The van der Waals surface area contributed by atoms with E-state index in [1.54, 1.807) is 18.4 Å². The van der Waals surface area contributed by atoms with E-state index in [0.29, 0.717) is 17.7 Å². The number of alkyl halides is 3. The Morgan fingerprint density at radius 3 is 2.04 bits per heavy atom. The van der Waals surface area contributed by atoms with Gasteiger partial charge < -0.3 is 21.2 Å². The molecule has 7 heteroatoms. The quantitative estimate of drug-likeness (QED) is 0.466. The summed E-state index contributed by atoms with van der Waals surface area (Å²) in [5, 5.41) is 0. The minimum Gasteiger partial charge on any atom is -0.470 e. The maximum atomic E-state index is 12.4. The summed E-state index contributed by atoms with van der Waals surface area (Å²) in [7, 11) is 0. The summed E-state index contributed by atoms with van der Waals surface area (Å²) < 4.78 is 42.7. The van der Waals surface area contributed by atoms with Gasteiger partial charge in [-0.25, -0.2) is 19.1 Å². The van der Waals surface area contributed by atoms with Crippen molar-refractivity contribution in [3.63, 3.8) is 0 Å². The second-order valence-electron chi connectivity index (χ2n) is 4.62. The topological polar surface area (TPSA) is 43.4 Å². The Morgan fingerprint density at radius 2 is 1.62 bits per heavy atom. The molecule has 0 bridgehead atoms. The predicted octanol–water partition coefficient (Wildman–Crippen LogP) is 1.62. The standard InChI is InChI=1S/C16H11F3O2.C3H3O.Li/c1-2-11-3-6-15(9-12(11)10-20)21-14-7-4-13(5-8-14)16(17,18)19;1-2-3-4;/h3-9H,1-2H2;2H,1H2;/q-2;-1;+1. The average molecular weight is 354 g/mol. The Kier molecular flexibility index (Phi) is 10.3. The fourth-order valence-corrected chi connectivity index (χ4v) is 1.78. The molecule has 0 aliphatic carbocycles. The summed E-state index contributed by atoms with van der Waals surface area (Å²) in [5.41, 5.74) is 0.309. The van der Waals surface area contributed by atoms with Crippen molar-refractivity contribution < 1.29 is 46.4 Å². The molecule has 0 saturated heterocycles. The van der Waals surface area contributed by atoms with Crippen LogP contribution in [-0.4, -0.2) is 12.6 Å². The Morgan fingerprint density at radius 1 is 1.08 bits per heavy atom. The summed E-state index contributed by atoms with van der Waals surface area (Å²) in [5.74, 6) is 0.604. The van der Waals surface area contributed by atoms with E-state index in [4.69, 9.17) is 9.53 Å². The van der Waals surface area contributed by atoms with Crippen LogP contribution >= 0.6 is 0 Å². The van der Waals surface area contributed by atoms with Gasteiger partial charge in [-0.3, -0.25) is 0 Å². The number of benzene rings is 2. The Labute approximate surface area is 162 Å². The van der Waals surface area contributed by atoms with Gasteiger partial charge in [-0.2, -0.15) is 18.7 Å². The first kappa shape index (κ1) is 23.7. The van der Waals surface area contributed by atoms with E-state index in [0.717, 1.165) is 23.8 Å². The van der Waals surface area contributed by atoms with E-state index in [1.165, 1.54) is 24.5 Å². The molecule has 2 aromatic carbocycles. The van der Waals surface area contributed by atoms with Crippen LogP contribution in [-0.2, 0) is 22.2 Å². The molecule has 0 aromatic heterocycles. The Hall–Kier alpha value is -2.29. The zero-order valence-electron chi connectivity index (χ0n) is 14.1. The van der Waals surface area contributed by atoms with Crippen molar-refractivity contribution in [2.75, 3.05) is 0 Å². The monoisotopic (exact) mass is 354 g/mol. The largest absolute Gasteiger partial charge is 1.00 e. The van der Waals surface area contributed by atoms with Crippen LogP contribution in [0.3, 0.4) is 0 Å². The number of hydrogen-bond acceptors (Lipinski definition) is 3.